The maximum Gasteiger partial charge on any atom is 0.342 e. The zero-order chi connectivity index (χ0) is 15.0. The number of carbonyl (C=O) groups excluding carboxylic acids is 2. The Labute approximate surface area is 124 Å². The largest absolute Gasteiger partial charge is 0.479 e. The van der Waals surface area contributed by atoms with Crippen LogP contribution in [0, 0.1) is 0 Å². The predicted molar refractivity (Wildman–Crippen MR) is 73.3 cm³/mol. The summed E-state index contributed by atoms with van der Waals surface area (Å²) in [6.45, 7) is 0. The molecule has 112 valence electrons. The van der Waals surface area contributed by atoms with Gasteiger partial charge in [-0.25, -0.2) is 4.79 Å². The number of aliphatic carboxylic acids is 1. The fourth-order valence-electron chi connectivity index (χ4n) is 2.14. The minimum Gasteiger partial charge on any atom is -0.479 e. The lowest BCUT2D eigenvalue weighted by Crippen LogP contribution is -2.81. The van der Waals surface area contributed by atoms with Gasteiger partial charge in [0.25, 0.3) is 11.8 Å². The Morgan fingerprint density at radius 2 is 2.33 bits per heavy atom. The van der Waals surface area contributed by atoms with Crippen molar-refractivity contribution < 1.29 is 24.3 Å². The van der Waals surface area contributed by atoms with Crippen LogP contribution in [0.25, 0.3) is 0 Å². The molecule has 2 N–H and O–H groups in total. The summed E-state index contributed by atoms with van der Waals surface area (Å²) in [6, 6.07) is 0. The number of β-lactam (4-membered cyclic amide) rings is 1. The van der Waals surface area contributed by atoms with Gasteiger partial charge in [0, 0.05) is 12.0 Å². The SMILES string of the molecule is O=C(C=NOC1CC1)NC1(C(=O)O)C(=O)N2C=CCS[C@H]21. The van der Waals surface area contributed by atoms with Crippen LogP contribution >= 0.6 is 11.8 Å². The quantitative estimate of drug-likeness (QED) is 0.307. The molecule has 2 fully saturated rings. The summed E-state index contributed by atoms with van der Waals surface area (Å²) in [7, 11) is 0. The van der Waals surface area contributed by atoms with Crippen molar-refractivity contribution in [1.82, 2.24) is 10.2 Å². The molecule has 0 spiro atoms. The molecule has 0 aromatic heterocycles. The van der Waals surface area contributed by atoms with E-state index in [1.807, 2.05) is 0 Å². The minimum absolute atomic E-state index is 0.0438. The normalized spacial score (nSPS) is 30.8. The Bertz CT molecular complexity index is 559. The second kappa shape index (κ2) is 5.06. The van der Waals surface area contributed by atoms with Crippen LogP contribution in [-0.4, -0.2) is 56.8 Å². The third-order valence-corrected chi connectivity index (χ3v) is 4.65. The molecule has 8 nitrogen and oxygen atoms in total. The number of carboxylic acid groups (broad SMARTS) is 1. The summed E-state index contributed by atoms with van der Waals surface area (Å²) in [6.07, 6.45) is 6.01. The lowest BCUT2D eigenvalue weighted by molar-refractivity contribution is -0.168. The standard InChI is InChI=1S/C12H13N3O5S/c16-8(6-13-20-7-2-3-7)14-12(11(18)19)9(17)15-4-1-5-21-10(12)15/h1,4,6-7,10H,2-3,5H2,(H,14,16)(H,18,19)/t10-,12?/m0/s1. The van der Waals surface area contributed by atoms with Crippen LogP contribution in [0.3, 0.4) is 0 Å². The molecule has 1 saturated heterocycles. The first kappa shape index (κ1) is 13.9. The summed E-state index contributed by atoms with van der Waals surface area (Å²) >= 11 is 1.28. The van der Waals surface area contributed by atoms with Gasteiger partial charge in [-0.1, -0.05) is 11.2 Å². The van der Waals surface area contributed by atoms with Crippen LogP contribution < -0.4 is 5.32 Å². The average molecular weight is 311 g/mol. The maximum atomic E-state index is 12.1. The molecule has 1 unspecified atom stereocenters. The number of thioether (sulfide) groups is 1. The van der Waals surface area contributed by atoms with E-state index in [-0.39, 0.29) is 6.10 Å². The van der Waals surface area contributed by atoms with Gasteiger partial charge in [0.1, 0.15) is 17.7 Å². The molecule has 1 saturated carbocycles. The molecule has 0 aromatic rings. The van der Waals surface area contributed by atoms with Gasteiger partial charge in [-0.3, -0.25) is 9.59 Å². The highest BCUT2D eigenvalue weighted by atomic mass is 32.2. The lowest BCUT2D eigenvalue weighted by atomic mass is 9.88. The Kier molecular flexibility index (Phi) is 3.36. The van der Waals surface area contributed by atoms with Crippen molar-refractivity contribution in [3.05, 3.63) is 12.3 Å². The van der Waals surface area contributed by atoms with E-state index in [1.165, 1.54) is 16.7 Å². The highest BCUT2D eigenvalue weighted by molar-refractivity contribution is 8.00. The maximum absolute atomic E-state index is 12.1. The van der Waals surface area contributed by atoms with Gasteiger partial charge in [0.05, 0.1) is 0 Å². The van der Waals surface area contributed by atoms with E-state index in [0.29, 0.717) is 5.75 Å². The van der Waals surface area contributed by atoms with Gasteiger partial charge in [-0.15, -0.1) is 11.8 Å². The van der Waals surface area contributed by atoms with Crippen molar-refractivity contribution >= 4 is 35.8 Å². The molecular formula is C12H13N3O5S. The number of rotatable bonds is 5. The zero-order valence-corrected chi connectivity index (χ0v) is 11.7. The fraction of sp³-hybridized carbons (Fsp3) is 0.500. The third-order valence-electron chi connectivity index (χ3n) is 3.37. The van der Waals surface area contributed by atoms with Crippen molar-refractivity contribution in [2.24, 2.45) is 5.16 Å². The number of amides is 2. The second-order valence-electron chi connectivity index (χ2n) is 4.92. The molecule has 3 rings (SSSR count). The zero-order valence-electron chi connectivity index (χ0n) is 10.9. The summed E-state index contributed by atoms with van der Waals surface area (Å²) in [5.41, 5.74) is -1.93. The first-order valence-electron chi connectivity index (χ1n) is 6.41. The molecule has 3 aliphatic rings. The summed E-state index contributed by atoms with van der Waals surface area (Å²) < 4.78 is 0. The van der Waals surface area contributed by atoms with Gasteiger partial charge in [-0.2, -0.15) is 0 Å². The average Bonchev–Trinajstić information content (AvgIpc) is 3.28. The van der Waals surface area contributed by atoms with Crippen molar-refractivity contribution in [2.45, 2.75) is 29.9 Å². The Morgan fingerprint density at radius 1 is 1.57 bits per heavy atom. The molecule has 2 aliphatic heterocycles. The van der Waals surface area contributed by atoms with Crippen LogP contribution in [-0.2, 0) is 19.2 Å². The molecule has 1 aliphatic carbocycles. The molecule has 9 heteroatoms. The predicted octanol–water partition coefficient (Wildman–Crippen LogP) is -0.480. The summed E-state index contributed by atoms with van der Waals surface area (Å²) in [4.78, 5) is 41.6. The minimum atomic E-state index is -1.93. The molecule has 2 heterocycles. The van der Waals surface area contributed by atoms with Crippen LogP contribution in [0.5, 0.6) is 0 Å². The smallest absolute Gasteiger partial charge is 0.342 e. The number of nitrogens with one attached hydrogen (secondary N) is 1. The topological polar surface area (TPSA) is 108 Å². The lowest BCUT2D eigenvalue weighted by Gasteiger charge is -2.52. The third kappa shape index (κ3) is 2.27. The van der Waals surface area contributed by atoms with E-state index >= 15 is 0 Å². The Hall–Kier alpha value is -2.03. The molecule has 2 atom stereocenters. The highest BCUT2D eigenvalue weighted by Crippen LogP contribution is 2.41. The van der Waals surface area contributed by atoms with E-state index in [9.17, 15) is 19.5 Å². The molecular weight excluding hydrogens is 298 g/mol. The van der Waals surface area contributed by atoms with E-state index in [1.54, 1.807) is 12.3 Å². The Balaban J connectivity index is 1.71. The summed E-state index contributed by atoms with van der Waals surface area (Å²) in [5, 5.41) is 14.5. The van der Waals surface area contributed by atoms with Gasteiger partial charge in [0.2, 0.25) is 5.54 Å². The number of oxime groups is 1. The number of hydrogen-bond acceptors (Lipinski definition) is 6. The first-order valence-corrected chi connectivity index (χ1v) is 7.46. The monoisotopic (exact) mass is 311 g/mol. The number of hydrogen-bond donors (Lipinski definition) is 2. The number of nitrogens with zero attached hydrogens (tertiary/aromatic N) is 2. The molecule has 2 amide bonds. The number of carbonyl (C=O) groups is 3. The van der Waals surface area contributed by atoms with Crippen molar-refractivity contribution in [3.8, 4) is 0 Å². The van der Waals surface area contributed by atoms with Crippen molar-refractivity contribution in [1.29, 1.82) is 0 Å². The second-order valence-corrected chi connectivity index (χ2v) is 6.04. The highest BCUT2D eigenvalue weighted by Gasteiger charge is 2.67. The molecule has 0 aromatic carbocycles. The molecule has 21 heavy (non-hydrogen) atoms. The van der Waals surface area contributed by atoms with Crippen LogP contribution in [0.15, 0.2) is 17.4 Å². The van der Waals surface area contributed by atoms with Crippen LogP contribution in [0.4, 0.5) is 0 Å². The van der Waals surface area contributed by atoms with E-state index in [2.05, 4.69) is 10.5 Å². The van der Waals surface area contributed by atoms with Gasteiger partial charge in [-0.05, 0) is 12.8 Å². The van der Waals surface area contributed by atoms with E-state index in [0.717, 1.165) is 19.1 Å². The van der Waals surface area contributed by atoms with Gasteiger partial charge in [0.15, 0.2) is 0 Å². The first-order chi connectivity index (χ1) is 10.1. The van der Waals surface area contributed by atoms with Gasteiger partial charge >= 0.3 is 5.97 Å². The van der Waals surface area contributed by atoms with Gasteiger partial charge < -0.3 is 20.2 Å². The van der Waals surface area contributed by atoms with Crippen molar-refractivity contribution in [3.63, 3.8) is 0 Å². The number of carboxylic acids is 1. The molecule has 0 radical (unpaired) electrons. The summed E-state index contributed by atoms with van der Waals surface area (Å²) in [5.74, 6) is -2.21. The fourth-order valence-corrected chi connectivity index (χ4v) is 3.36. The van der Waals surface area contributed by atoms with E-state index < -0.39 is 28.7 Å². The van der Waals surface area contributed by atoms with Crippen LogP contribution in [0.2, 0.25) is 0 Å². The van der Waals surface area contributed by atoms with Crippen molar-refractivity contribution in [2.75, 3.05) is 5.75 Å². The van der Waals surface area contributed by atoms with Crippen LogP contribution in [0.1, 0.15) is 12.8 Å². The molecule has 0 bridgehead atoms. The number of fused-ring (bicyclic) bond motifs is 1. The Morgan fingerprint density at radius 3 is 3.00 bits per heavy atom. The van der Waals surface area contributed by atoms with E-state index in [4.69, 9.17) is 4.84 Å².